The van der Waals surface area contributed by atoms with E-state index in [2.05, 4.69) is 60.3 Å². The predicted molar refractivity (Wildman–Crippen MR) is 498 cm³/mol. The number of carbonyl (C=O) groups excluding carboxylic acids is 11. The zero-order valence-corrected chi connectivity index (χ0v) is 81.1. The number of carbonyl (C=O) groups is 12. The number of ketones is 2. The van der Waals surface area contributed by atoms with Crippen LogP contribution in [0.4, 0.5) is 0 Å². The van der Waals surface area contributed by atoms with E-state index in [-0.39, 0.29) is 148 Å². The predicted octanol–water partition coefficient (Wildman–Crippen LogP) is 14.4. The highest BCUT2D eigenvalue weighted by Gasteiger charge is 2.40. The number of ether oxygens (including phenoxy) is 3. The van der Waals surface area contributed by atoms with Crippen molar-refractivity contribution in [2.24, 2.45) is 53.1 Å². The van der Waals surface area contributed by atoms with Crippen LogP contribution < -0.4 is 32.3 Å². The second kappa shape index (κ2) is 54.1. The zero-order chi connectivity index (χ0) is 94.6. The van der Waals surface area contributed by atoms with Gasteiger partial charge in [0.05, 0.1) is 18.0 Å². The van der Waals surface area contributed by atoms with E-state index in [1.54, 1.807) is 60.8 Å². The lowest BCUT2D eigenvalue weighted by atomic mass is 9.92. The maximum absolute atomic E-state index is 14.2. The number of carboxylic acids is 1. The largest absolute Gasteiger partial charge is 0.481 e. The number of hydrogen-bond donors (Lipinski definition) is 7. The van der Waals surface area contributed by atoms with Gasteiger partial charge in [-0.05, 0) is 132 Å². The molecule has 1 fully saturated rings. The van der Waals surface area contributed by atoms with Gasteiger partial charge >= 0.3 is 23.9 Å². The number of Topliss-reactive ketones (excluding diaryl/α,β-unsaturated/α-hetero) is 2. The van der Waals surface area contributed by atoms with Crippen LogP contribution in [-0.4, -0.2) is 195 Å². The van der Waals surface area contributed by atoms with Crippen LogP contribution in [0.3, 0.4) is 0 Å². The molecule has 1 unspecified atom stereocenters. The van der Waals surface area contributed by atoms with Crippen molar-refractivity contribution in [2.75, 3.05) is 34.7 Å². The quantitative estimate of drug-likeness (QED) is 0.0138. The van der Waals surface area contributed by atoms with E-state index in [4.69, 9.17) is 19.9 Å². The van der Waals surface area contributed by atoms with Crippen LogP contribution in [0.25, 0.3) is 0 Å². The topological polar surface area (TPSA) is 387 Å². The third-order valence-corrected chi connectivity index (χ3v) is 26.7. The fraction of sp³-hybridized carbons (Fsp3) is 0.594. The van der Waals surface area contributed by atoms with Crippen LogP contribution in [0.2, 0.25) is 0 Å². The molecule has 0 bridgehead atoms. The van der Waals surface area contributed by atoms with Crippen LogP contribution in [0.15, 0.2) is 107 Å². The fourth-order valence-corrected chi connectivity index (χ4v) is 17.9. The van der Waals surface area contributed by atoms with E-state index >= 15 is 0 Å². The monoisotopic (exact) mass is 1810 g/mol. The Morgan fingerprint density at radius 2 is 0.827 bits per heavy atom. The van der Waals surface area contributed by atoms with Gasteiger partial charge in [-0.3, -0.25) is 62.4 Å². The number of thiazole rings is 3. The first-order chi connectivity index (χ1) is 60.0. The van der Waals surface area contributed by atoms with Gasteiger partial charge in [-0.2, -0.15) is 0 Å². The first kappa shape index (κ1) is 108. The number of nitrogens with one attached hydrogen (secondary N) is 5. The maximum Gasteiger partial charge on any atom is 0.306 e. The van der Waals surface area contributed by atoms with E-state index in [1.807, 2.05) is 174 Å². The third kappa shape index (κ3) is 35.8. The highest BCUT2D eigenvalue weighted by atomic mass is 32.1. The Balaban J connectivity index is 0.000000345. The van der Waals surface area contributed by atoms with Gasteiger partial charge in [0.1, 0.15) is 49.7 Å². The maximum atomic E-state index is 14.2. The summed E-state index contributed by atoms with van der Waals surface area (Å²) in [5.41, 5.74) is 9.99. The van der Waals surface area contributed by atoms with Crippen LogP contribution >= 0.6 is 34.0 Å². The minimum atomic E-state index is -0.906. The summed E-state index contributed by atoms with van der Waals surface area (Å²) in [6.45, 7) is 33.4. The molecule has 1 aliphatic rings. The molecule has 1 saturated heterocycles. The minimum Gasteiger partial charge on any atom is -0.481 e. The van der Waals surface area contributed by atoms with Gasteiger partial charge in [0.2, 0.25) is 17.7 Å². The molecule has 3 aromatic carbocycles. The van der Waals surface area contributed by atoms with Gasteiger partial charge in [-0.15, -0.1) is 34.0 Å². The van der Waals surface area contributed by atoms with Crippen molar-refractivity contribution in [1.29, 1.82) is 0 Å². The van der Waals surface area contributed by atoms with Gasteiger partial charge in [0.15, 0.2) is 18.3 Å². The van der Waals surface area contributed by atoms with Gasteiger partial charge in [-0.1, -0.05) is 200 Å². The van der Waals surface area contributed by atoms with E-state index in [0.29, 0.717) is 78.7 Å². The average molecular weight is 1820 g/mol. The number of nitrogens with zero attached hydrogens (tertiary/aromatic N) is 6. The smallest absolute Gasteiger partial charge is 0.306 e. The number of amides is 6. The molecule has 127 heavy (non-hydrogen) atoms. The standard InChI is InChI=1S/C39H59N5O6S.C32H48N4O5S.C25H35N3O5S/c1-10-25(4)35(42-37(48)32-18-14-15-19-43(32)8)39(49)44(9)33(24(2)3)22-34(50-28(7)46)38-41-31(23-51-38)36(47)40-30(20-26(5)27(6)45)21-29-16-12-11-13-17-29;1-9-20(4)29(33)32(40)36(8)27(19(2)3)17-28(41-23(7)38)31-35-26(18-42-31)30(39)34-25(15-21(5)22(6)37)16-24-13-11-10-12-14-24;1-15(2)20(26-5)13-22(33-17(4)29)24-28-21(14-34-24)23(30)27-19(11-16(3)25(31)32)12-18-9-7-6-8-10-18/h11-13,16-17,23-26,30,32-35H,10,14-15,18-22H2,1-9H3,(H,40,47)(H,42,48);10-14,18-21,25,27-29H,9,15-17,33H2,1-8H3,(H,34,39);6-10,14-16,19-20,22,26H,11-13H2,1-5H3,(H,27,30)(H,31,32)/t25-,26-,30+,32+,33-,34-,35-;20-,21-,25+,27-,28-,29-;16-,19+,20?,22-/m000/s1. The number of carboxylic acid groups (broad SMARTS) is 1. The van der Waals surface area contributed by atoms with Gasteiger partial charge in [0.25, 0.3) is 17.7 Å². The molecular weight excluding hydrogens is 1670 g/mol. The van der Waals surface area contributed by atoms with Crippen molar-refractivity contribution in [3.63, 3.8) is 0 Å². The van der Waals surface area contributed by atoms with Gasteiger partial charge in [0, 0.05) is 118 Å². The molecule has 28 nitrogen and oxygen atoms in total. The Kier molecular flexibility index (Phi) is 46.0. The lowest BCUT2D eigenvalue weighted by Gasteiger charge is -2.38. The first-order valence-corrected chi connectivity index (χ1v) is 47.2. The Bertz CT molecular complexity index is 4470. The number of aliphatic carboxylic acids is 1. The molecule has 6 aromatic rings. The minimum absolute atomic E-state index is 0.0282. The van der Waals surface area contributed by atoms with Crippen molar-refractivity contribution in [2.45, 2.75) is 287 Å². The van der Waals surface area contributed by atoms with Crippen molar-refractivity contribution in [3.05, 3.63) is 156 Å². The lowest BCUT2D eigenvalue weighted by molar-refractivity contribution is -0.150. The van der Waals surface area contributed by atoms with E-state index < -0.39 is 60.2 Å². The summed E-state index contributed by atoms with van der Waals surface area (Å²) in [5.74, 6) is -4.54. The Labute approximate surface area is 764 Å². The molecule has 0 saturated carbocycles. The molecule has 4 heterocycles. The SMILES string of the molecule is CC[C@H](C)[C@H](N)C(=O)N(C)[C@@H](C[C@H](OC(C)=O)c1nc(C(=O)N[C@@H](Cc2ccccc2)C[C@H](C)C(C)=O)cs1)C(C)C.CC[C@H](C)[C@H](NC(=O)[C@H]1CCCCN1C)C(=O)N(C)[C@@H](C[C@H](OC(C)=O)c1nc(C(=O)N[C@@H](Cc2ccccc2)C[C@H](C)C(C)=O)cs1)C(C)C.CNC(C[C@H](OC(C)=O)c1nc(C(=O)N[C@@H](Cc2ccccc2)C[C@H](C)C(=O)O)cs1)C(C)C. The molecule has 0 spiro atoms. The summed E-state index contributed by atoms with van der Waals surface area (Å²) in [7, 11) is 7.28. The molecular formula is C96H142N12O16S3. The summed E-state index contributed by atoms with van der Waals surface area (Å²) in [5, 5.41) is 31.2. The number of nitrogens with two attached hydrogens (primary N) is 1. The summed E-state index contributed by atoms with van der Waals surface area (Å²) in [4.78, 5) is 171. The Morgan fingerprint density at radius 3 is 1.13 bits per heavy atom. The van der Waals surface area contributed by atoms with Crippen LogP contribution in [-0.2, 0) is 76.6 Å². The first-order valence-electron chi connectivity index (χ1n) is 44.6. The second-order valence-electron chi connectivity index (χ2n) is 35.2. The Hall–Kier alpha value is -9.53. The molecule has 6 amide bonds. The fourth-order valence-electron chi connectivity index (χ4n) is 15.4. The molecule has 0 aliphatic carbocycles. The van der Waals surface area contributed by atoms with Crippen molar-refractivity contribution >= 4 is 105 Å². The molecule has 0 radical (unpaired) electrons. The average Bonchev–Trinajstić information content (AvgIpc) is 1.76. The summed E-state index contributed by atoms with van der Waals surface area (Å²) < 4.78 is 17.0. The highest BCUT2D eigenvalue weighted by Crippen LogP contribution is 2.35. The summed E-state index contributed by atoms with van der Waals surface area (Å²) >= 11 is 3.73. The normalized spacial score (nSPS) is 16.6. The molecule has 3 aromatic heterocycles. The third-order valence-electron chi connectivity index (χ3n) is 23.9. The van der Waals surface area contributed by atoms with Crippen molar-refractivity contribution in [1.82, 2.24) is 56.2 Å². The van der Waals surface area contributed by atoms with Crippen LogP contribution in [0.1, 0.15) is 277 Å². The summed E-state index contributed by atoms with van der Waals surface area (Å²) in [6.07, 6.45) is 6.20. The highest BCUT2D eigenvalue weighted by molar-refractivity contribution is 7.10. The molecule has 31 heteroatoms. The number of rotatable bonds is 47. The van der Waals surface area contributed by atoms with E-state index in [0.717, 1.165) is 48.9 Å². The van der Waals surface area contributed by atoms with Crippen molar-refractivity contribution in [3.8, 4) is 0 Å². The number of esters is 3. The Morgan fingerprint density at radius 1 is 0.480 bits per heavy atom. The van der Waals surface area contributed by atoms with Gasteiger partial charge < -0.3 is 61.4 Å². The zero-order valence-electron chi connectivity index (χ0n) is 78.6. The molecule has 700 valence electrons. The van der Waals surface area contributed by atoms with Crippen LogP contribution in [0, 0.1) is 47.3 Å². The number of hydrogen-bond acceptors (Lipinski definition) is 24. The molecule has 17 atom stereocenters. The number of likely N-dealkylation sites (tertiary alicyclic amines) is 1. The molecule has 1 aliphatic heterocycles. The molecule has 7 rings (SSSR count). The number of aromatic nitrogens is 3. The van der Waals surface area contributed by atoms with E-state index in [9.17, 15) is 62.6 Å². The van der Waals surface area contributed by atoms with Gasteiger partial charge in [-0.25, -0.2) is 15.0 Å². The van der Waals surface area contributed by atoms with Crippen molar-refractivity contribution < 1.29 is 76.9 Å². The molecule has 8 N–H and O–H groups in total. The second-order valence-corrected chi connectivity index (χ2v) is 37.9. The number of likely N-dealkylation sites (N-methyl/N-ethyl adjacent to an activating group) is 3. The van der Waals surface area contributed by atoms with E-state index in [1.165, 1.54) is 54.8 Å². The summed E-state index contributed by atoms with van der Waals surface area (Å²) in [6, 6.07) is 26.1. The lowest BCUT2D eigenvalue weighted by Crippen LogP contribution is -2.58. The number of benzene rings is 3. The number of piperidine rings is 1. The van der Waals surface area contributed by atoms with Crippen LogP contribution in [0.5, 0.6) is 0 Å².